The van der Waals surface area contributed by atoms with Crippen LogP contribution >= 0.6 is 0 Å². The van der Waals surface area contributed by atoms with Crippen LogP contribution in [0.4, 0.5) is 5.69 Å². The highest BCUT2D eigenvalue weighted by Crippen LogP contribution is 2.32. The topological polar surface area (TPSA) is 121 Å². The van der Waals surface area contributed by atoms with E-state index >= 15 is 0 Å². The highest BCUT2D eigenvalue weighted by atomic mass is 16.6. The summed E-state index contributed by atoms with van der Waals surface area (Å²) in [6.45, 7) is 0. The largest absolute Gasteiger partial charge is 0.507 e. The molecule has 0 aliphatic heterocycles. The van der Waals surface area contributed by atoms with Crippen LogP contribution in [0.25, 0.3) is 0 Å². The molecule has 0 fully saturated rings. The van der Waals surface area contributed by atoms with Gasteiger partial charge in [-0.15, -0.1) is 0 Å². The molecule has 3 N–H and O–H groups in total. The maximum atomic E-state index is 10.4. The quantitative estimate of drug-likeness (QED) is 0.366. The molecule has 0 radical (unpaired) electrons. The molecular formula is C7H5NO6. The summed E-state index contributed by atoms with van der Waals surface area (Å²) < 4.78 is 0. The fourth-order valence-electron chi connectivity index (χ4n) is 0.883. The zero-order valence-electron chi connectivity index (χ0n) is 6.67. The maximum absolute atomic E-state index is 10.4. The average molecular weight is 199 g/mol. The molecule has 0 saturated heterocycles. The summed E-state index contributed by atoms with van der Waals surface area (Å²) >= 11 is 0. The Bertz CT molecular complexity index is 373. The number of rotatable bonds is 2. The third-order valence-corrected chi connectivity index (χ3v) is 1.52. The second-order valence-electron chi connectivity index (χ2n) is 2.42. The van der Waals surface area contributed by atoms with Crippen LogP contribution in [0.1, 0.15) is 10.4 Å². The molecule has 1 aromatic carbocycles. The van der Waals surface area contributed by atoms with Gasteiger partial charge in [0, 0.05) is 6.07 Å². The third-order valence-electron chi connectivity index (χ3n) is 1.52. The summed E-state index contributed by atoms with van der Waals surface area (Å²) in [6.07, 6.45) is 0. The number of carboxylic acids is 1. The SMILES string of the molecule is O=C(O)c1cc(O)c([N+](=O)[O-])cc1O. The molecule has 0 aromatic heterocycles. The monoisotopic (exact) mass is 199 g/mol. The molecule has 0 atom stereocenters. The second kappa shape index (κ2) is 3.21. The van der Waals surface area contributed by atoms with E-state index in [1.54, 1.807) is 0 Å². The van der Waals surface area contributed by atoms with Crippen molar-refractivity contribution < 1.29 is 25.0 Å². The van der Waals surface area contributed by atoms with Crippen LogP contribution in [0.2, 0.25) is 0 Å². The lowest BCUT2D eigenvalue weighted by Gasteiger charge is -2.00. The summed E-state index contributed by atoms with van der Waals surface area (Å²) in [5, 5.41) is 36.8. The Kier molecular flexibility index (Phi) is 2.24. The number of aromatic carboxylic acids is 1. The van der Waals surface area contributed by atoms with Gasteiger partial charge in [0.2, 0.25) is 0 Å². The molecule has 7 nitrogen and oxygen atoms in total. The Hall–Kier alpha value is -2.31. The van der Waals surface area contributed by atoms with E-state index in [1.165, 1.54) is 0 Å². The van der Waals surface area contributed by atoms with Crippen molar-refractivity contribution in [3.05, 3.63) is 27.8 Å². The third kappa shape index (κ3) is 1.56. The van der Waals surface area contributed by atoms with E-state index < -0.39 is 33.6 Å². The van der Waals surface area contributed by atoms with Gasteiger partial charge >= 0.3 is 11.7 Å². The summed E-state index contributed by atoms with van der Waals surface area (Å²) in [4.78, 5) is 19.7. The lowest BCUT2D eigenvalue weighted by molar-refractivity contribution is -0.385. The Morgan fingerprint density at radius 3 is 2.29 bits per heavy atom. The number of hydrogen-bond acceptors (Lipinski definition) is 5. The molecule has 0 saturated carbocycles. The van der Waals surface area contributed by atoms with Crippen LogP contribution in [-0.2, 0) is 0 Å². The Balaban J connectivity index is 3.38. The van der Waals surface area contributed by atoms with Gasteiger partial charge < -0.3 is 15.3 Å². The molecule has 74 valence electrons. The predicted octanol–water partition coefficient (Wildman–Crippen LogP) is 0.704. The van der Waals surface area contributed by atoms with Gasteiger partial charge in [0.25, 0.3) is 0 Å². The highest BCUT2D eigenvalue weighted by molar-refractivity contribution is 5.92. The number of nitro benzene ring substituents is 1. The summed E-state index contributed by atoms with van der Waals surface area (Å²) in [6, 6.07) is 1.20. The molecule has 0 spiro atoms. The van der Waals surface area contributed by atoms with Crippen molar-refractivity contribution in [2.24, 2.45) is 0 Å². The summed E-state index contributed by atoms with van der Waals surface area (Å²) in [5.74, 6) is -3.04. The van der Waals surface area contributed by atoms with Crippen LogP contribution in [0.5, 0.6) is 11.5 Å². The zero-order chi connectivity index (χ0) is 10.9. The lowest BCUT2D eigenvalue weighted by Crippen LogP contribution is -1.98. The van der Waals surface area contributed by atoms with Gasteiger partial charge in [-0.3, -0.25) is 10.1 Å². The number of phenolic OH excluding ortho intramolecular Hbond substituents is 1. The first kappa shape index (κ1) is 9.78. The molecule has 0 aliphatic carbocycles. The smallest absolute Gasteiger partial charge is 0.339 e. The predicted molar refractivity (Wildman–Crippen MR) is 43.4 cm³/mol. The standard InChI is InChI=1S/C7H5NO6/c9-5-2-4(8(13)14)6(10)1-3(5)7(11)12/h1-2,9-10H,(H,11,12). The van der Waals surface area contributed by atoms with E-state index in [-0.39, 0.29) is 0 Å². The summed E-state index contributed by atoms with van der Waals surface area (Å²) in [5.41, 5.74) is -1.33. The first-order chi connectivity index (χ1) is 6.43. The Morgan fingerprint density at radius 2 is 1.86 bits per heavy atom. The van der Waals surface area contributed by atoms with Crippen LogP contribution in [0.3, 0.4) is 0 Å². The lowest BCUT2D eigenvalue weighted by atomic mass is 10.1. The van der Waals surface area contributed by atoms with Crippen molar-refractivity contribution in [3.63, 3.8) is 0 Å². The first-order valence-electron chi connectivity index (χ1n) is 3.37. The van der Waals surface area contributed by atoms with Crippen molar-refractivity contribution in [2.75, 3.05) is 0 Å². The van der Waals surface area contributed by atoms with E-state index in [0.29, 0.717) is 12.1 Å². The van der Waals surface area contributed by atoms with Crippen LogP contribution in [-0.4, -0.2) is 26.2 Å². The molecule has 0 heterocycles. The fraction of sp³-hybridized carbons (Fsp3) is 0. The molecule has 14 heavy (non-hydrogen) atoms. The number of carboxylic acid groups (broad SMARTS) is 1. The number of nitro groups is 1. The molecule has 0 aliphatic rings. The Morgan fingerprint density at radius 1 is 1.29 bits per heavy atom. The van der Waals surface area contributed by atoms with Crippen molar-refractivity contribution in [1.82, 2.24) is 0 Å². The van der Waals surface area contributed by atoms with E-state index in [0.717, 1.165) is 0 Å². The molecule has 0 unspecified atom stereocenters. The number of aromatic hydroxyl groups is 2. The second-order valence-corrected chi connectivity index (χ2v) is 2.42. The van der Waals surface area contributed by atoms with Gasteiger partial charge in [-0.1, -0.05) is 0 Å². The summed E-state index contributed by atoms with van der Waals surface area (Å²) in [7, 11) is 0. The van der Waals surface area contributed by atoms with E-state index in [4.69, 9.17) is 15.3 Å². The molecular weight excluding hydrogens is 194 g/mol. The first-order valence-corrected chi connectivity index (χ1v) is 3.37. The van der Waals surface area contributed by atoms with Gasteiger partial charge in [0.05, 0.1) is 11.0 Å². The van der Waals surface area contributed by atoms with E-state index in [9.17, 15) is 14.9 Å². The van der Waals surface area contributed by atoms with Crippen LogP contribution < -0.4 is 0 Å². The molecule has 1 rings (SSSR count). The van der Waals surface area contributed by atoms with Crippen LogP contribution in [0, 0.1) is 10.1 Å². The van der Waals surface area contributed by atoms with Crippen molar-refractivity contribution in [1.29, 1.82) is 0 Å². The van der Waals surface area contributed by atoms with Crippen molar-refractivity contribution >= 4 is 11.7 Å². The number of carbonyl (C=O) groups is 1. The highest BCUT2D eigenvalue weighted by Gasteiger charge is 2.20. The number of hydrogen-bond donors (Lipinski definition) is 3. The van der Waals surface area contributed by atoms with Crippen molar-refractivity contribution in [3.8, 4) is 11.5 Å². The molecule has 0 bridgehead atoms. The molecule has 0 amide bonds. The number of nitrogens with zero attached hydrogens (tertiary/aromatic N) is 1. The minimum Gasteiger partial charge on any atom is -0.507 e. The average Bonchev–Trinajstić information content (AvgIpc) is 2.07. The Labute approximate surface area is 77.0 Å². The van der Waals surface area contributed by atoms with Crippen molar-refractivity contribution in [2.45, 2.75) is 0 Å². The minimum atomic E-state index is -1.48. The van der Waals surface area contributed by atoms with Gasteiger partial charge in [-0.25, -0.2) is 4.79 Å². The number of phenols is 2. The van der Waals surface area contributed by atoms with E-state index in [2.05, 4.69) is 0 Å². The fourth-order valence-corrected chi connectivity index (χ4v) is 0.883. The van der Waals surface area contributed by atoms with Gasteiger partial charge in [0.15, 0.2) is 5.75 Å². The molecule has 1 aromatic rings. The van der Waals surface area contributed by atoms with E-state index in [1.807, 2.05) is 0 Å². The van der Waals surface area contributed by atoms with Gasteiger partial charge in [-0.05, 0) is 0 Å². The minimum absolute atomic E-state index is 0.582. The zero-order valence-corrected chi connectivity index (χ0v) is 6.67. The maximum Gasteiger partial charge on any atom is 0.339 e. The molecule has 7 heteroatoms. The normalized spacial score (nSPS) is 9.71. The van der Waals surface area contributed by atoms with Gasteiger partial charge in [0.1, 0.15) is 11.3 Å². The van der Waals surface area contributed by atoms with Crippen LogP contribution in [0.15, 0.2) is 12.1 Å². The van der Waals surface area contributed by atoms with Gasteiger partial charge in [-0.2, -0.15) is 0 Å². The number of benzene rings is 1.